The second-order valence-electron chi connectivity index (χ2n) is 4.27. The van der Waals surface area contributed by atoms with Gasteiger partial charge in [-0.25, -0.2) is 4.39 Å². The van der Waals surface area contributed by atoms with E-state index < -0.39 is 0 Å². The van der Waals surface area contributed by atoms with Crippen LogP contribution in [0.3, 0.4) is 0 Å². The molecule has 0 heterocycles. The van der Waals surface area contributed by atoms with Crippen molar-refractivity contribution in [1.82, 2.24) is 5.32 Å². The Labute approximate surface area is 125 Å². The number of nitrogens with one attached hydrogen (secondary N) is 1. The molecule has 0 saturated heterocycles. The number of benzene rings is 2. The van der Waals surface area contributed by atoms with Crippen LogP contribution in [0, 0.1) is 5.82 Å². The average Bonchev–Trinajstić information content (AvgIpc) is 2.44. The van der Waals surface area contributed by atoms with Crippen LogP contribution in [0.5, 0.6) is 0 Å². The summed E-state index contributed by atoms with van der Waals surface area (Å²) in [5, 5.41) is 3.29. The monoisotopic (exact) mass is 341 g/mol. The van der Waals surface area contributed by atoms with E-state index in [4.69, 9.17) is 11.6 Å². The molecule has 1 nitrogen and oxygen atoms in total. The van der Waals surface area contributed by atoms with Crippen molar-refractivity contribution in [2.75, 3.05) is 0 Å². The predicted molar refractivity (Wildman–Crippen MR) is 80.6 cm³/mol. The first-order chi connectivity index (χ1) is 9.20. The smallest absolute Gasteiger partial charge is 0.137 e. The van der Waals surface area contributed by atoms with Crippen LogP contribution in [0.2, 0.25) is 0 Å². The first-order valence-electron chi connectivity index (χ1n) is 5.98. The summed E-state index contributed by atoms with van der Waals surface area (Å²) in [5.74, 6) is 0.301. The summed E-state index contributed by atoms with van der Waals surface area (Å²) in [6.45, 7) is 1.36. The van der Waals surface area contributed by atoms with Gasteiger partial charge < -0.3 is 5.32 Å². The molecule has 4 heteroatoms. The summed E-state index contributed by atoms with van der Waals surface area (Å²) in [5.41, 5.74) is 3.21. The maximum Gasteiger partial charge on any atom is 0.137 e. The van der Waals surface area contributed by atoms with E-state index >= 15 is 0 Å². The highest BCUT2D eigenvalue weighted by molar-refractivity contribution is 9.10. The van der Waals surface area contributed by atoms with Crippen molar-refractivity contribution in [3.8, 4) is 0 Å². The molecule has 0 bridgehead atoms. The third kappa shape index (κ3) is 4.03. The van der Waals surface area contributed by atoms with Crippen molar-refractivity contribution in [2.45, 2.75) is 19.0 Å². The highest BCUT2D eigenvalue weighted by atomic mass is 79.9. The molecule has 0 saturated carbocycles. The highest BCUT2D eigenvalue weighted by Gasteiger charge is 2.04. The van der Waals surface area contributed by atoms with Gasteiger partial charge in [0.1, 0.15) is 5.82 Å². The molecular formula is C15H14BrClFN. The Balaban J connectivity index is 1.90. The van der Waals surface area contributed by atoms with Gasteiger partial charge in [0.25, 0.3) is 0 Å². The molecule has 0 radical (unpaired) electrons. The van der Waals surface area contributed by atoms with E-state index in [2.05, 4.69) is 21.2 Å². The lowest BCUT2D eigenvalue weighted by molar-refractivity contribution is 0.612. The van der Waals surface area contributed by atoms with Crippen LogP contribution in [-0.2, 0) is 19.0 Å². The SMILES string of the molecule is Fc1cccc(CNCc2ccc(CCl)cc2)c1Br. The largest absolute Gasteiger partial charge is 0.309 e. The summed E-state index contributed by atoms with van der Waals surface area (Å²) in [6, 6.07) is 13.2. The van der Waals surface area contributed by atoms with E-state index in [1.165, 1.54) is 11.6 Å². The van der Waals surface area contributed by atoms with E-state index in [9.17, 15) is 4.39 Å². The van der Waals surface area contributed by atoms with Gasteiger partial charge in [-0.05, 0) is 38.7 Å². The van der Waals surface area contributed by atoms with Crippen molar-refractivity contribution in [3.05, 3.63) is 69.4 Å². The summed E-state index contributed by atoms with van der Waals surface area (Å²) in [7, 11) is 0. The fraction of sp³-hybridized carbons (Fsp3) is 0.200. The van der Waals surface area contributed by atoms with Crippen molar-refractivity contribution in [1.29, 1.82) is 0 Å². The minimum absolute atomic E-state index is 0.231. The first-order valence-corrected chi connectivity index (χ1v) is 7.31. The molecule has 0 unspecified atom stereocenters. The molecule has 2 aromatic carbocycles. The van der Waals surface area contributed by atoms with Gasteiger partial charge in [0.15, 0.2) is 0 Å². The standard InChI is InChI=1S/C15H14BrClFN/c16-15-13(2-1-3-14(15)18)10-19-9-12-6-4-11(8-17)5-7-12/h1-7,19H,8-10H2. The summed E-state index contributed by atoms with van der Waals surface area (Å²) < 4.78 is 13.9. The molecule has 0 aliphatic heterocycles. The average molecular weight is 343 g/mol. The van der Waals surface area contributed by atoms with Gasteiger partial charge in [-0.15, -0.1) is 11.6 Å². The predicted octanol–water partition coefficient (Wildman–Crippen LogP) is 4.62. The van der Waals surface area contributed by atoms with Gasteiger partial charge in [-0.1, -0.05) is 36.4 Å². The van der Waals surface area contributed by atoms with Crippen LogP contribution in [0.25, 0.3) is 0 Å². The molecule has 0 aliphatic rings. The number of halogens is 3. The van der Waals surface area contributed by atoms with Gasteiger partial charge >= 0.3 is 0 Å². The van der Waals surface area contributed by atoms with Crippen LogP contribution >= 0.6 is 27.5 Å². The molecule has 100 valence electrons. The normalized spacial score (nSPS) is 10.7. The molecule has 1 N–H and O–H groups in total. The molecule has 2 aromatic rings. The lowest BCUT2D eigenvalue weighted by atomic mass is 10.1. The molecule has 2 rings (SSSR count). The second kappa shape index (κ2) is 7.04. The third-order valence-corrected chi connectivity index (χ3v) is 4.05. The van der Waals surface area contributed by atoms with Gasteiger partial charge in [0.2, 0.25) is 0 Å². The van der Waals surface area contributed by atoms with Crippen LogP contribution in [0.4, 0.5) is 4.39 Å². The Hall–Kier alpha value is -0.900. The zero-order valence-electron chi connectivity index (χ0n) is 10.3. The van der Waals surface area contributed by atoms with Gasteiger partial charge in [0.05, 0.1) is 4.47 Å². The van der Waals surface area contributed by atoms with E-state index in [0.29, 0.717) is 16.9 Å². The molecule has 0 aromatic heterocycles. The number of rotatable bonds is 5. The van der Waals surface area contributed by atoms with E-state index in [1.54, 1.807) is 6.07 Å². The Bertz CT molecular complexity index is 542. The third-order valence-electron chi connectivity index (χ3n) is 2.85. The zero-order valence-corrected chi connectivity index (χ0v) is 12.6. The molecule has 19 heavy (non-hydrogen) atoms. The van der Waals surface area contributed by atoms with Gasteiger partial charge in [0, 0.05) is 19.0 Å². The summed E-state index contributed by atoms with van der Waals surface area (Å²) in [6.07, 6.45) is 0. The van der Waals surface area contributed by atoms with Crippen LogP contribution in [-0.4, -0.2) is 0 Å². The minimum Gasteiger partial charge on any atom is -0.309 e. The zero-order chi connectivity index (χ0) is 13.7. The fourth-order valence-corrected chi connectivity index (χ4v) is 2.36. The van der Waals surface area contributed by atoms with Crippen molar-refractivity contribution >= 4 is 27.5 Å². The van der Waals surface area contributed by atoms with Crippen LogP contribution < -0.4 is 5.32 Å². The van der Waals surface area contributed by atoms with Crippen LogP contribution in [0.15, 0.2) is 46.9 Å². The lowest BCUT2D eigenvalue weighted by Crippen LogP contribution is -2.13. The molecule has 0 amide bonds. The minimum atomic E-state index is -0.231. The quantitative estimate of drug-likeness (QED) is 0.782. The van der Waals surface area contributed by atoms with E-state index in [0.717, 1.165) is 17.7 Å². The van der Waals surface area contributed by atoms with Crippen molar-refractivity contribution in [3.63, 3.8) is 0 Å². The summed E-state index contributed by atoms with van der Waals surface area (Å²) in [4.78, 5) is 0. The number of hydrogen-bond donors (Lipinski definition) is 1. The topological polar surface area (TPSA) is 12.0 Å². The molecular weight excluding hydrogens is 329 g/mol. The van der Waals surface area contributed by atoms with Gasteiger partial charge in [-0.3, -0.25) is 0 Å². The second-order valence-corrected chi connectivity index (χ2v) is 5.33. The maximum absolute atomic E-state index is 13.3. The molecule has 0 spiro atoms. The molecule has 0 atom stereocenters. The van der Waals surface area contributed by atoms with Gasteiger partial charge in [-0.2, -0.15) is 0 Å². The first kappa shape index (κ1) is 14.5. The highest BCUT2D eigenvalue weighted by Crippen LogP contribution is 2.20. The number of alkyl halides is 1. The van der Waals surface area contributed by atoms with E-state index in [1.807, 2.05) is 30.3 Å². The Morgan fingerprint density at radius 1 is 1.00 bits per heavy atom. The van der Waals surface area contributed by atoms with Crippen LogP contribution in [0.1, 0.15) is 16.7 Å². The lowest BCUT2D eigenvalue weighted by Gasteiger charge is -2.08. The van der Waals surface area contributed by atoms with Crippen molar-refractivity contribution < 1.29 is 4.39 Å². The number of hydrogen-bond acceptors (Lipinski definition) is 1. The Morgan fingerprint density at radius 2 is 1.68 bits per heavy atom. The fourth-order valence-electron chi connectivity index (χ4n) is 1.77. The molecule has 0 fully saturated rings. The Kier molecular flexibility index (Phi) is 5.37. The molecule has 0 aliphatic carbocycles. The Morgan fingerprint density at radius 3 is 2.37 bits per heavy atom. The van der Waals surface area contributed by atoms with Crippen molar-refractivity contribution in [2.24, 2.45) is 0 Å². The maximum atomic E-state index is 13.3. The van der Waals surface area contributed by atoms with E-state index in [-0.39, 0.29) is 5.82 Å². The summed E-state index contributed by atoms with van der Waals surface area (Å²) >= 11 is 9.00.